The molecule has 0 atom stereocenters. The molecule has 0 spiro atoms. The number of pyridine rings is 1. The Morgan fingerprint density at radius 1 is 1.41 bits per heavy atom. The number of nitrogens with zero attached hydrogens (tertiary/aromatic N) is 2. The number of aromatic nitrogens is 1. The minimum atomic E-state index is 0.643. The maximum Gasteiger partial charge on any atom is 0.0397 e. The highest BCUT2D eigenvalue weighted by atomic mass is 15.1. The van der Waals surface area contributed by atoms with Gasteiger partial charge in [0.1, 0.15) is 0 Å². The first kappa shape index (κ1) is 12.1. The zero-order valence-corrected chi connectivity index (χ0v) is 10.5. The summed E-state index contributed by atoms with van der Waals surface area (Å²) >= 11 is 0. The molecule has 17 heavy (non-hydrogen) atoms. The molecular formula is C14H21N3. The highest BCUT2D eigenvalue weighted by Crippen LogP contribution is 2.18. The van der Waals surface area contributed by atoms with Crippen LogP contribution in [-0.4, -0.2) is 30.7 Å². The largest absolute Gasteiger partial charge is 0.371 e. The number of anilines is 1. The molecule has 1 aliphatic rings. The van der Waals surface area contributed by atoms with E-state index in [0.29, 0.717) is 6.04 Å². The van der Waals surface area contributed by atoms with Crippen molar-refractivity contribution in [1.29, 1.82) is 0 Å². The van der Waals surface area contributed by atoms with Crippen LogP contribution < -0.4 is 10.2 Å². The molecule has 3 heteroatoms. The van der Waals surface area contributed by atoms with Crippen LogP contribution >= 0.6 is 0 Å². The van der Waals surface area contributed by atoms with E-state index in [1.54, 1.807) is 0 Å². The SMILES string of the molecule is C=C(C)CNC1CCN(c2ccncc2)CC1. The number of rotatable bonds is 4. The standard InChI is InChI=1S/C14H21N3/c1-12(2)11-16-13-5-9-17(10-6-13)14-3-7-15-8-4-14/h3-4,7-8,13,16H,1,5-6,9-11H2,2H3. The highest BCUT2D eigenvalue weighted by Gasteiger charge is 2.18. The van der Waals surface area contributed by atoms with Gasteiger partial charge in [0.2, 0.25) is 0 Å². The van der Waals surface area contributed by atoms with E-state index in [4.69, 9.17) is 0 Å². The summed E-state index contributed by atoms with van der Waals surface area (Å²) in [5, 5.41) is 3.55. The maximum atomic E-state index is 4.06. The van der Waals surface area contributed by atoms with Crippen molar-refractivity contribution in [3.63, 3.8) is 0 Å². The minimum absolute atomic E-state index is 0.643. The molecule has 1 fully saturated rings. The molecule has 0 unspecified atom stereocenters. The first-order valence-corrected chi connectivity index (χ1v) is 6.28. The molecule has 0 aromatic carbocycles. The third-order valence-corrected chi connectivity index (χ3v) is 3.22. The molecule has 1 aromatic rings. The molecule has 3 nitrogen and oxygen atoms in total. The zero-order valence-electron chi connectivity index (χ0n) is 10.5. The summed E-state index contributed by atoms with van der Waals surface area (Å²) in [6.07, 6.45) is 6.13. The molecule has 2 heterocycles. The van der Waals surface area contributed by atoms with Gasteiger partial charge in [0, 0.05) is 43.8 Å². The summed E-state index contributed by atoms with van der Waals surface area (Å²) in [5.41, 5.74) is 2.50. The molecule has 1 N–H and O–H groups in total. The van der Waals surface area contributed by atoms with Gasteiger partial charge in [-0.1, -0.05) is 12.2 Å². The maximum absolute atomic E-state index is 4.06. The van der Waals surface area contributed by atoms with Gasteiger partial charge in [0.25, 0.3) is 0 Å². The van der Waals surface area contributed by atoms with Crippen molar-refractivity contribution in [2.24, 2.45) is 0 Å². The fourth-order valence-electron chi connectivity index (χ4n) is 2.22. The van der Waals surface area contributed by atoms with Crippen LogP contribution in [0.1, 0.15) is 19.8 Å². The quantitative estimate of drug-likeness (QED) is 0.805. The van der Waals surface area contributed by atoms with Crippen LogP contribution in [0, 0.1) is 0 Å². The molecule has 1 saturated heterocycles. The van der Waals surface area contributed by atoms with E-state index in [9.17, 15) is 0 Å². The summed E-state index contributed by atoms with van der Waals surface area (Å²) in [4.78, 5) is 6.49. The van der Waals surface area contributed by atoms with Crippen LogP contribution in [0.25, 0.3) is 0 Å². The molecule has 0 aliphatic carbocycles. The highest BCUT2D eigenvalue weighted by molar-refractivity contribution is 5.44. The molecule has 2 rings (SSSR count). The lowest BCUT2D eigenvalue weighted by atomic mass is 10.0. The fourth-order valence-corrected chi connectivity index (χ4v) is 2.22. The molecule has 0 bridgehead atoms. The van der Waals surface area contributed by atoms with Gasteiger partial charge in [-0.3, -0.25) is 4.98 Å². The van der Waals surface area contributed by atoms with Crippen molar-refractivity contribution >= 4 is 5.69 Å². The van der Waals surface area contributed by atoms with Crippen LogP contribution in [0.2, 0.25) is 0 Å². The van der Waals surface area contributed by atoms with E-state index in [2.05, 4.69) is 40.8 Å². The lowest BCUT2D eigenvalue weighted by Gasteiger charge is -2.34. The number of hydrogen-bond donors (Lipinski definition) is 1. The Morgan fingerprint density at radius 3 is 2.65 bits per heavy atom. The summed E-state index contributed by atoms with van der Waals surface area (Å²) in [6.45, 7) is 9.18. The molecule has 0 radical (unpaired) electrons. The predicted molar refractivity (Wildman–Crippen MR) is 72.3 cm³/mol. The molecule has 92 valence electrons. The zero-order chi connectivity index (χ0) is 12.1. The smallest absolute Gasteiger partial charge is 0.0397 e. The van der Waals surface area contributed by atoms with Gasteiger partial charge in [-0.05, 0) is 31.9 Å². The summed E-state index contributed by atoms with van der Waals surface area (Å²) in [5.74, 6) is 0. The van der Waals surface area contributed by atoms with E-state index < -0.39 is 0 Å². The fraction of sp³-hybridized carbons (Fsp3) is 0.500. The molecule has 0 amide bonds. The van der Waals surface area contributed by atoms with Crippen molar-refractivity contribution in [3.8, 4) is 0 Å². The first-order valence-electron chi connectivity index (χ1n) is 6.28. The second-order valence-electron chi connectivity index (χ2n) is 4.80. The average Bonchev–Trinajstić information content (AvgIpc) is 2.38. The van der Waals surface area contributed by atoms with Crippen LogP contribution in [-0.2, 0) is 0 Å². The summed E-state index contributed by atoms with van der Waals surface area (Å²) in [6, 6.07) is 4.81. The van der Waals surface area contributed by atoms with Crippen molar-refractivity contribution in [2.45, 2.75) is 25.8 Å². The van der Waals surface area contributed by atoms with Gasteiger partial charge in [-0.25, -0.2) is 0 Å². The Kier molecular flexibility index (Phi) is 4.15. The third kappa shape index (κ3) is 3.56. The lowest BCUT2D eigenvalue weighted by molar-refractivity contribution is 0.427. The number of piperidine rings is 1. The van der Waals surface area contributed by atoms with Crippen molar-refractivity contribution < 1.29 is 0 Å². The minimum Gasteiger partial charge on any atom is -0.371 e. The average molecular weight is 231 g/mol. The lowest BCUT2D eigenvalue weighted by Crippen LogP contribution is -2.42. The Hall–Kier alpha value is -1.35. The molecule has 1 aromatic heterocycles. The van der Waals surface area contributed by atoms with Crippen LogP contribution in [0.3, 0.4) is 0 Å². The van der Waals surface area contributed by atoms with Gasteiger partial charge < -0.3 is 10.2 Å². The van der Waals surface area contributed by atoms with Crippen LogP contribution in [0.15, 0.2) is 36.7 Å². The Balaban J connectivity index is 1.80. The third-order valence-electron chi connectivity index (χ3n) is 3.22. The van der Waals surface area contributed by atoms with Crippen molar-refractivity contribution in [3.05, 3.63) is 36.7 Å². The Labute approximate surface area is 104 Å². The van der Waals surface area contributed by atoms with Gasteiger partial charge in [-0.2, -0.15) is 0 Å². The first-order chi connectivity index (χ1) is 8.25. The van der Waals surface area contributed by atoms with Gasteiger partial charge in [-0.15, -0.1) is 0 Å². The van der Waals surface area contributed by atoms with E-state index in [-0.39, 0.29) is 0 Å². The Morgan fingerprint density at radius 2 is 2.06 bits per heavy atom. The van der Waals surface area contributed by atoms with Crippen LogP contribution in [0.5, 0.6) is 0 Å². The topological polar surface area (TPSA) is 28.2 Å². The molecule has 1 aliphatic heterocycles. The number of nitrogens with one attached hydrogen (secondary N) is 1. The predicted octanol–water partition coefficient (Wildman–Crippen LogP) is 2.22. The van der Waals surface area contributed by atoms with Crippen molar-refractivity contribution in [1.82, 2.24) is 10.3 Å². The number of hydrogen-bond acceptors (Lipinski definition) is 3. The van der Waals surface area contributed by atoms with Gasteiger partial charge in [0.05, 0.1) is 0 Å². The van der Waals surface area contributed by atoms with E-state index >= 15 is 0 Å². The van der Waals surface area contributed by atoms with Crippen LogP contribution in [0.4, 0.5) is 5.69 Å². The Bertz CT molecular complexity index is 353. The van der Waals surface area contributed by atoms with E-state index in [0.717, 1.165) is 19.6 Å². The second kappa shape index (κ2) is 5.82. The van der Waals surface area contributed by atoms with E-state index in [1.165, 1.54) is 24.1 Å². The normalized spacial score (nSPS) is 17.1. The molecule has 0 saturated carbocycles. The van der Waals surface area contributed by atoms with Gasteiger partial charge in [0.15, 0.2) is 0 Å². The summed E-state index contributed by atoms with van der Waals surface area (Å²) in [7, 11) is 0. The van der Waals surface area contributed by atoms with E-state index in [1.807, 2.05) is 12.4 Å². The van der Waals surface area contributed by atoms with Gasteiger partial charge >= 0.3 is 0 Å². The monoisotopic (exact) mass is 231 g/mol. The van der Waals surface area contributed by atoms with Crippen molar-refractivity contribution in [2.75, 3.05) is 24.5 Å². The molecular weight excluding hydrogens is 210 g/mol. The second-order valence-corrected chi connectivity index (χ2v) is 4.80. The summed E-state index contributed by atoms with van der Waals surface area (Å²) < 4.78 is 0.